The highest BCUT2D eigenvalue weighted by atomic mass is 15.3. The van der Waals surface area contributed by atoms with E-state index in [-0.39, 0.29) is 0 Å². The van der Waals surface area contributed by atoms with Crippen molar-refractivity contribution in [1.82, 2.24) is 4.90 Å². The molecule has 1 aliphatic rings. The summed E-state index contributed by atoms with van der Waals surface area (Å²) in [6.07, 6.45) is 22.8. The maximum Gasteiger partial charge on any atom is 0.246 e. The van der Waals surface area contributed by atoms with Crippen LogP contribution < -0.4 is 5.73 Å². The third-order valence-corrected chi connectivity index (χ3v) is 5.91. The Morgan fingerprint density at radius 1 is 0.769 bits per heavy atom. The Hall–Kier alpha value is -0.570. The van der Waals surface area contributed by atoms with E-state index in [2.05, 4.69) is 23.4 Å². The third kappa shape index (κ3) is 11.2. The Morgan fingerprint density at radius 3 is 1.69 bits per heavy atom. The minimum atomic E-state index is 0.774. The summed E-state index contributed by atoms with van der Waals surface area (Å²) in [5.41, 5.74) is 5.73. The van der Waals surface area contributed by atoms with Crippen LogP contribution in [0.1, 0.15) is 110 Å². The number of rotatable bonds is 18. The maximum absolute atomic E-state index is 5.73. The van der Waals surface area contributed by atoms with Gasteiger partial charge in [0.15, 0.2) is 0 Å². The second kappa shape index (κ2) is 16.6. The molecule has 1 aliphatic heterocycles. The predicted molar refractivity (Wildman–Crippen MR) is 116 cm³/mol. The Labute approximate surface area is 164 Å². The molecule has 0 aromatic heterocycles. The molecule has 154 valence electrons. The summed E-state index contributed by atoms with van der Waals surface area (Å²) in [6, 6.07) is 0. The van der Waals surface area contributed by atoms with Crippen LogP contribution in [-0.4, -0.2) is 48.5 Å². The minimum Gasteiger partial charge on any atom is -0.327 e. The average Bonchev–Trinajstić information content (AvgIpc) is 2.98. The topological polar surface area (TPSA) is 32.3 Å². The lowest BCUT2D eigenvalue weighted by Crippen LogP contribution is -2.33. The first-order valence-corrected chi connectivity index (χ1v) is 11.8. The fraction of sp³-hybridized carbons (Fsp3) is 0.957. The number of likely N-dealkylation sites (N-methyl/N-ethyl adjacent to an activating group) is 1. The maximum atomic E-state index is 5.73. The van der Waals surface area contributed by atoms with E-state index in [4.69, 9.17) is 5.73 Å². The summed E-state index contributed by atoms with van der Waals surface area (Å²) < 4.78 is 2.43. The molecule has 0 radical (unpaired) electrons. The van der Waals surface area contributed by atoms with E-state index in [1.54, 1.807) is 0 Å². The molecule has 0 amide bonds. The van der Waals surface area contributed by atoms with E-state index in [9.17, 15) is 0 Å². The number of nitrogens with zero attached hydrogens (tertiary/aromatic N) is 2. The first-order valence-electron chi connectivity index (χ1n) is 11.8. The molecular formula is C23H48N3+. The van der Waals surface area contributed by atoms with Crippen molar-refractivity contribution in [3.63, 3.8) is 0 Å². The van der Waals surface area contributed by atoms with Crippen LogP contribution in [0.4, 0.5) is 0 Å². The van der Waals surface area contributed by atoms with Gasteiger partial charge < -0.3 is 5.73 Å². The molecule has 0 spiro atoms. The number of hydrogen-bond acceptors (Lipinski definition) is 2. The predicted octanol–water partition coefficient (Wildman–Crippen LogP) is 5.56. The van der Waals surface area contributed by atoms with E-state index >= 15 is 0 Å². The van der Waals surface area contributed by atoms with Crippen LogP contribution in [0.5, 0.6) is 0 Å². The van der Waals surface area contributed by atoms with E-state index in [1.165, 1.54) is 122 Å². The molecule has 1 rings (SSSR count). The zero-order valence-electron chi connectivity index (χ0n) is 18.1. The molecule has 0 bridgehead atoms. The van der Waals surface area contributed by atoms with Gasteiger partial charge in [0.05, 0.1) is 13.6 Å². The van der Waals surface area contributed by atoms with Gasteiger partial charge in [0.1, 0.15) is 13.1 Å². The Balaban J connectivity index is 1.83. The molecule has 3 nitrogen and oxygen atoms in total. The van der Waals surface area contributed by atoms with E-state index in [1.807, 2.05) is 0 Å². The van der Waals surface area contributed by atoms with Crippen LogP contribution in [0.15, 0.2) is 0 Å². The van der Waals surface area contributed by atoms with Gasteiger partial charge in [-0.15, -0.1) is 0 Å². The fourth-order valence-corrected chi connectivity index (χ4v) is 4.17. The molecule has 3 heteroatoms. The number of unbranched alkanes of at least 4 members (excludes halogenated alkanes) is 14. The largest absolute Gasteiger partial charge is 0.327 e. The molecule has 26 heavy (non-hydrogen) atoms. The lowest BCUT2D eigenvalue weighted by Gasteiger charge is -2.12. The SMILES string of the molecule is CCCCCCCCCCCCCCCCCC1=[N+](C)CCN1CCN. The van der Waals surface area contributed by atoms with Crippen LogP contribution in [0, 0.1) is 0 Å². The quantitative estimate of drug-likeness (QED) is 0.254. The smallest absolute Gasteiger partial charge is 0.246 e. The second-order valence-corrected chi connectivity index (χ2v) is 8.31. The molecule has 1 heterocycles. The van der Waals surface area contributed by atoms with E-state index in [0.29, 0.717) is 0 Å². The summed E-state index contributed by atoms with van der Waals surface area (Å²) in [5.74, 6) is 1.53. The van der Waals surface area contributed by atoms with Crippen molar-refractivity contribution in [3.8, 4) is 0 Å². The Kier molecular flexibility index (Phi) is 15.0. The van der Waals surface area contributed by atoms with E-state index < -0.39 is 0 Å². The van der Waals surface area contributed by atoms with Gasteiger partial charge in [0.2, 0.25) is 5.84 Å². The summed E-state index contributed by atoms with van der Waals surface area (Å²) >= 11 is 0. The normalized spacial score (nSPS) is 14.7. The molecule has 0 saturated heterocycles. The first-order chi connectivity index (χ1) is 12.8. The highest BCUT2D eigenvalue weighted by molar-refractivity contribution is 5.78. The van der Waals surface area contributed by atoms with Gasteiger partial charge in [-0.3, -0.25) is 9.48 Å². The fourth-order valence-electron chi connectivity index (χ4n) is 4.17. The van der Waals surface area contributed by atoms with Crippen LogP contribution in [0.25, 0.3) is 0 Å². The Morgan fingerprint density at radius 2 is 1.23 bits per heavy atom. The number of hydrogen-bond donors (Lipinski definition) is 1. The Bertz CT molecular complexity index is 351. The van der Waals surface area contributed by atoms with Gasteiger partial charge in [0.25, 0.3) is 0 Å². The molecule has 0 unspecified atom stereocenters. The molecule has 2 N–H and O–H groups in total. The second-order valence-electron chi connectivity index (χ2n) is 8.31. The number of nitrogens with two attached hydrogens (primary N) is 1. The highest BCUT2D eigenvalue weighted by Crippen LogP contribution is 2.14. The molecule has 0 saturated carbocycles. The third-order valence-electron chi connectivity index (χ3n) is 5.91. The zero-order valence-corrected chi connectivity index (χ0v) is 18.1. The lowest BCUT2D eigenvalue weighted by atomic mass is 10.0. The van der Waals surface area contributed by atoms with Crippen molar-refractivity contribution in [3.05, 3.63) is 0 Å². The minimum absolute atomic E-state index is 0.774. The number of amidine groups is 1. The standard InChI is InChI=1S/C23H48N3/c1-3-4-5-6-7-8-9-10-11-12-13-14-15-16-17-18-23-25(2)21-22-26(23)20-19-24/h3-22,24H2,1-2H3/q+1. The van der Waals surface area contributed by atoms with Crippen molar-refractivity contribution in [2.24, 2.45) is 5.73 Å². The van der Waals surface area contributed by atoms with Crippen LogP contribution in [0.3, 0.4) is 0 Å². The van der Waals surface area contributed by atoms with Crippen molar-refractivity contribution in [2.75, 3.05) is 33.2 Å². The highest BCUT2D eigenvalue weighted by Gasteiger charge is 2.26. The summed E-state index contributed by atoms with van der Waals surface area (Å²) in [4.78, 5) is 2.49. The van der Waals surface area contributed by atoms with E-state index in [0.717, 1.165) is 13.1 Å². The molecular weight excluding hydrogens is 318 g/mol. The van der Waals surface area contributed by atoms with Crippen LogP contribution >= 0.6 is 0 Å². The molecule has 0 aromatic rings. The average molecular weight is 367 g/mol. The van der Waals surface area contributed by atoms with Gasteiger partial charge in [-0.25, -0.2) is 0 Å². The summed E-state index contributed by atoms with van der Waals surface area (Å²) in [5, 5.41) is 0. The lowest BCUT2D eigenvalue weighted by molar-refractivity contribution is -0.487. The molecule has 0 atom stereocenters. The zero-order chi connectivity index (χ0) is 18.9. The summed E-state index contributed by atoms with van der Waals surface area (Å²) in [6.45, 7) is 6.44. The van der Waals surface area contributed by atoms with Gasteiger partial charge in [-0.2, -0.15) is 0 Å². The van der Waals surface area contributed by atoms with Gasteiger partial charge in [-0.05, 0) is 6.42 Å². The van der Waals surface area contributed by atoms with Crippen molar-refractivity contribution < 1.29 is 4.58 Å². The van der Waals surface area contributed by atoms with Crippen molar-refractivity contribution in [2.45, 2.75) is 110 Å². The molecule has 0 aromatic carbocycles. The first kappa shape index (κ1) is 23.5. The molecule has 0 aliphatic carbocycles. The molecule has 0 fully saturated rings. The summed E-state index contributed by atoms with van der Waals surface area (Å²) in [7, 11) is 2.23. The van der Waals surface area contributed by atoms with Crippen molar-refractivity contribution >= 4 is 5.84 Å². The van der Waals surface area contributed by atoms with Crippen LogP contribution in [-0.2, 0) is 0 Å². The van der Waals surface area contributed by atoms with Gasteiger partial charge >= 0.3 is 0 Å². The monoisotopic (exact) mass is 366 g/mol. The van der Waals surface area contributed by atoms with Gasteiger partial charge in [-0.1, -0.05) is 96.8 Å². The van der Waals surface area contributed by atoms with Crippen LogP contribution in [0.2, 0.25) is 0 Å². The van der Waals surface area contributed by atoms with Gasteiger partial charge in [0, 0.05) is 13.0 Å². The van der Waals surface area contributed by atoms with Crippen molar-refractivity contribution in [1.29, 1.82) is 0 Å².